The van der Waals surface area contributed by atoms with Crippen molar-refractivity contribution >= 4 is 15.9 Å². The quantitative estimate of drug-likeness (QED) is 0.755. The Balaban J connectivity index is 2.47. The zero-order chi connectivity index (χ0) is 15.8. The Bertz CT molecular complexity index is 669. The van der Waals surface area contributed by atoms with Crippen molar-refractivity contribution in [3.63, 3.8) is 0 Å². The summed E-state index contributed by atoms with van der Waals surface area (Å²) in [7, 11) is 0. The smallest absolute Gasteiger partial charge is 0.384 e. The summed E-state index contributed by atoms with van der Waals surface area (Å²) in [6.07, 6.45) is -6.08. The maximum absolute atomic E-state index is 13.1. The summed E-state index contributed by atoms with van der Waals surface area (Å²) in [6.45, 7) is 0. The number of halogens is 6. The van der Waals surface area contributed by atoms with E-state index < -0.39 is 29.5 Å². The van der Waals surface area contributed by atoms with Crippen molar-refractivity contribution in [2.45, 2.75) is 12.3 Å². The molecule has 0 bridgehead atoms. The van der Waals surface area contributed by atoms with Gasteiger partial charge in [0.1, 0.15) is 6.10 Å². The summed E-state index contributed by atoms with van der Waals surface area (Å²) in [5.74, 6) is -2.29. The van der Waals surface area contributed by atoms with Gasteiger partial charge < -0.3 is 5.11 Å². The fraction of sp³-hybridized carbons (Fsp3) is 0.143. The second-order valence-electron chi connectivity index (χ2n) is 4.31. The fourth-order valence-corrected chi connectivity index (χ4v) is 2.26. The van der Waals surface area contributed by atoms with Crippen LogP contribution in [-0.4, -0.2) is 5.11 Å². The van der Waals surface area contributed by atoms with Gasteiger partial charge in [0.15, 0.2) is 11.6 Å². The van der Waals surface area contributed by atoms with E-state index in [0.29, 0.717) is 0 Å². The number of alkyl halides is 3. The molecule has 21 heavy (non-hydrogen) atoms. The maximum Gasteiger partial charge on any atom is 0.416 e. The van der Waals surface area contributed by atoms with Crippen LogP contribution in [0, 0.1) is 11.6 Å². The minimum atomic E-state index is -4.57. The van der Waals surface area contributed by atoms with Crippen molar-refractivity contribution in [2.75, 3.05) is 0 Å². The van der Waals surface area contributed by atoms with Crippen LogP contribution in [0.1, 0.15) is 22.8 Å². The summed E-state index contributed by atoms with van der Waals surface area (Å²) in [4.78, 5) is 0. The Labute approximate surface area is 125 Å². The minimum Gasteiger partial charge on any atom is -0.384 e. The van der Waals surface area contributed by atoms with E-state index in [1.54, 1.807) is 0 Å². The number of benzene rings is 2. The van der Waals surface area contributed by atoms with Gasteiger partial charge >= 0.3 is 6.18 Å². The third-order valence-electron chi connectivity index (χ3n) is 2.88. The molecular formula is C14H8BrF5O. The second kappa shape index (κ2) is 5.73. The molecule has 0 spiro atoms. The third-order valence-corrected chi connectivity index (χ3v) is 3.60. The van der Waals surface area contributed by atoms with Gasteiger partial charge in [0.25, 0.3) is 0 Å². The van der Waals surface area contributed by atoms with Crippen molar-refractivity contribution in [1.82, 2.24) is 0 Å². The summed E-state index contributed by atoms with van der Waals surface area (Å²) in [5, 5.41) is 10.1. The number of aliphatic hydroxyl groups is 1. The van der Waals surface area contributed by atoms with E-state index in [0.717, 1.165) is 36.4 Å². The molecule has 0 fully saturated rings. The SMILES string of the molecule is OC(c1ccc(F)c(F)c1)c1cc(C(F)(F)F)ccc1Br. The van der Waals surface area contributed by atoms with Gasteiger partial charge in [-0.1, -0.05) is 22.0 Å². The average Bonchev–Trinajstić information content (AvgIpc) is 2.40. The predicted octanol–water partition coefficient (Wildman–Crippen LogP) is 4.83. The van der Waals surface area contributed by atoms with Gasteiger partial charge in [0.05, 0.1) is 5.56 Å². The highest BCUT2D eigenvalue weighted by Gasteiger charge is 2.31. The Morgan fingerprint density at radius 2 is 1.62 bits per heavy atom. The van der Waals surface area contributed by atoms with Gasteiger partial charge in [-0.15, -0.1) is 0 Å². The van der Waals surface area contributed by atoms with E-state index in [-0.39, 0.29) is 15.6 Å². The molecule has 0 aliphatic carbocycles. The molecule has 1 unspecified atom stereocenters. The van der Waals surface area contributed by atoms with Gasteiger partial charge in [-0.3, -0.25) is 0 Å². The zero-order valence-electron chi connectivity index (χ0n) is 10.3. The molecule has 0 heterocycles. The van der Waals surface area contributed by atoms with Crippen LogP contribution in [0.3, 0.4) is 0 Å². The number of hydrogen-bond acceptors (Lipinski definition) is 1. The molecule has 1 N–H and O–H groups in total. The molecule has 0 radical (unpaired) electrons. The lowest BCUT2D eigenvalue weighted by atomic mass is 9.99. The lowest BCUT2D eigenvalue weighted by molar-refractivity contribution is -0.137. The summed E-state index contributed by atoms with van der Waals surface area (Å²) in [5.41, 5.74) is -1.08. The first kappa shape index (κ1) is 15.9. The van der Waals surface area contributed by atoms with E-state index >= 15 is 0 Å². The highest BCUT2D eigenvalue weighted by molar-refractivity contribution is 9.10. The third kappa shape index (κ3) is 3.41. The molecule has 1 atom stereocenters. The molecular weight excluding hydrogens is 359 g/mol. The largest absolute Gasteiger partial charge is 0.416 e. The normalized spacial score (nSPS) is 13.3. The standard InChI is InChI=1S/C14H8BrF5O/c15-10-3-2-8(14(18,19)20)6-9(10)13(21)7-1-4-11(16)12(17)5-7/h1-6,13,21H. The maximum atomic E-state index is 13.1. The van der Waals surface area contributed by atoms with Gasteiger partial charge in [0.2, 0.25) is 0 Å². The van der Waals surface area contributed by atoms with E-state index in [1.807, 2.05) is 0 Å². The molecule has 0 aromatic heterocycles. The van der Waals surface area contributed by atoms with Crippen LogP contribution in [0.5, 0.6) is 0 Å². The molecule has 2 rings (SSSR count). The molecule has 112 valence electrons. The highest BCUT2D eigenvalue weighted by atomic mass is 79.9. The fourth-order valence-electron chi connectivity index (χ4n) is 1.79. The second-order valence-corrected chi connectivity index (χ2v) is 5.16. The van der Waals surface area contributed by atoms with Crippen LogP contribution in [0.15, 0.2) is 40.9 Å². The van der Waals surface area contributed by atoms with Gasteiger partial charge in [-0.05, 0) is 41.5 Å². The number of hydrogen-bond donors (Lipinski definition) is 1. The van der Waals surface area contributed by atoms with Crippen molar-refractivity contribution in [3.05, 3.63) is 69.2 Å². The van der Waals surface area contributed by atoms with E-state index in [4.69, 9.17) is 0 Å². The topological polar surface area (TPSA) is 20.2 Å². The lowest BCUT2D eigenvalue weighted by Crippen LogP contribution is -2.08. The zero-order valence-corrected chi connectivity index (χ0v) is 11.8. The van der Waals surface area contributed by atoms with Crippen LogP contribution in [0.4, 0.5) is 22.0 Å². The van der Waals surface area contributed by atoms with Crippen LogP contribution in [-0.2, 0) is 6.18 Å². The molecule has 0 aliphatic heterocycles. The Kier molecular flexibility index (Phi) is 4.34. The molecule has 7 heteroatoms. The Morgan fingerprint density at radius 3 is 2.19 bits per heavy atom. The summed E-state index contributed by atoms with van der Waals surface area (Å²) < 4.78 is 64.3. The first-order chi connectivity index (χ1) is 9.70. The van der Waals surface area contributed by atoms with Crippen molar-refractivity contribution < 1.29 is 27.1 Å². The van der Waals surface area contributed by atoms with Crippen LogP contribution in [0.2, 0.25) is 0 Å². The molecule has 1 nitrogen and oxygen atoms in total. The van der Waals surface area contributed by atoms with Crippen molar-refractivity contribution in [2.24, 2.45) is 0 Å². The summed E-state index contributed by atoms with van der Waals surface area (Å²) >= 11 is 3.03. The predicted molar refractivity (Wildman–Crippen MR) is 69.6 cm³/mol. The van der Waals surface area contributed by atoms with Gasteiger partial charge in [-0.25, -0.2) is 8.78 Å². The monoisotopic (exact) mass is 366 g/mol. The van der Waals surface area contributed by atoms with Gasteiger partial charge in [-0.2, -0.15) is 13.2 Å². The molecule has 0 amide bonds. The lowest BCUT2D eigenvalue weighted by Gasteiger charge is -2.16. The summed E-state index contributed by atoms with van der Waals surface area (Å²) in [6, 6.07) is 5.40. The van der Waals surface area contributed by atoms with Crippen LogP contribution >= 0.6 is 15.9 Å². The van der Waals surface area contributed by atoms with E-state index in [2.05, 4.69) is 15.9 Å². The Hall–Kier alpha value is -1.47. The average molecular weight is 367 g/mol. The Morgan fingerprint density at radius 1 is 0.952 bits per heavy atom. The van der Waals surface area contributed by atoms with Gasteiger partial charge in [0, 0.05) is 4.47 Å². The first-order valence-corrected chi connectivity index (χ1v) is 6.49. The van der Waals surface area contributed by atoms with Crippen molar-refractivity contribution in [1.29, 1.82) is 0 Å². The van der Waals surface area contributed by atoms with Crippen molar-refractivity contribution in [3.8, 4) is 0 Å². The molecule has 0 aliphatic rings. The molecule has 0 saturated carbocycles. The van der Waals surface area contributed by atoms with E-state index in [1.165, 1.54) is 0 Å². The van der Waals surface area contributed by atoms with Crippen LogP contribution < -0.4 is 0 Å². The minimum absolute atomic E-state index is 0.0473. The highest BCUT2D eigenvalue weighted by Crippen LogP contribution is 2.35. The molecule has 2 aromatic rings. The number of aliphatic hydroxyl groups excluding tert-OH is 1. The molecule has 0 saturated heterocycles. The van der Waals surface area contributed by atoms with Crippen LogP contribution in [0.25, 0.3) is 0 Å². The first-order valence-electron chi connectivity index (χ1n) is 5.70. The molecule has 2 aromatic carbocycles. The number of rotatable bonds is 2. The van der Waals surface area contributed by atoms with E-state index in [9.17, 15) is 27.1 Å².